The molecule has 0 aliphatic rings. The third kappa shape index (κ3) is 5.73. The standard InChI is InChI=1S/C57H34N4OS/c1-4-15-35(16-5-1)38-29-31-42-41-21-10-11-25-46(41)61(48(42)33-38)47-26-12-23-44-52-45(24-13-27-49(52)62-54(44)47)57-59-55(37-19-8-3-9-20-37)58-56(60-57)39-30-32-43-51(34-39)63-50-28-14-22-40(53(43)50)36-17-6-2-7-18-36/h1-34H/i1D,4D,10D,11D,12D,13D,15D,16D,21D,26D,27D,29D,31D,33D. The fourth-order valence-corrected chi connectivity index (χ4v) is 9.60. The van der Waals surface area contributed by atoms with Crippen LogP contribution in [0.2, 0.25) is 0 Å². The van der Waals surface area contributed by atoms with Gasteiger partial charge < -0.3 is 8.98 Å². The highest BCUT2D eigenvalue weighted by Crippen LogP contribution is 2.44. The molecular weight excluding hydrogens is 789 g/mol. The molecule has 294 valence electrons. The third-order valence-electron chi connectivity index (χ3n) is 11.2. The molecule has 5 nitrogen and oxygen atoms in total. The van der Waals surface area contributed by atoms with E-state index in [9.17, 15) is 8.22 Å². The lowest BCUT2D eigenvalue weighted by Gasteiger charge is -2.10. The second-order valence-corrected chi connectivity index (χ2v) is 15.9. The molecule has 0 unspecified atom stereocenters. The van der Waals surface area contributed by atoms with Gasteiger partial charge in [-0.3, -0.25) is 0 Å². The van der Waals surface area contributed by atoms with Gasteiger partial charge in [-0.05, 0) is 58.6 Å². The minimum Gasteiger partial charge on any atom is -0.454 e. The van der Waals surface area contributed by atoms with Crippen molar-refractivity contribution in [1.29, 1.82) is 0 Å². The van der Waals surface area contributed by atoms with E-state index in [2.05, 4.69) is 30.3 Å². The summed E-state index contributed by atoms with van der Waals surface area (Å²) in [5.41, 5.74) is 2.06. The fraction of sp³-hybridized carbons (Fsp3) is 0. The number of benzene rings is 9. The van der Waals surface area contributed by atoms with Crippen LogP contribution in [0.15, 0.2) is 210 Å². The molecule has 0 fully saturated rings. The van der Waals surface area contributed by atoms with Crippen LogP contribution >= 0.6 is 11.3 Å². The third-order valence-corrected chi connectivity index (χ3v) is 12.4. The maximum Gasteiger partial charge on any atom is 0.164 e. The number of nitrogens with zero attached hydrogens (tertiary/aromatic N) is 4. The summed E-state index contributed by atoms with van der Waals surface area (Å²) >= 11 is 1.64. The van der Waals surface area contributed by atoms with Gasteiger partial charge in [0.25, 0.3) is 0 Å². The zero-order valence-electron chi connectivity index (χ0n) is 46.7. The number of para-hydroxylation sites is 2. The van der Waals surface area contributed by atoms with Gasteiger partial charge in [0.2, 0.25) is 0 Å². The van der Waals surface area contributed by atoms with E-state index in [4.69, 9.17) is 30.3 Å². The quantitative estimate of drug-likeness (QED) is 0.167. The smallest absolute Gasteiger partial charge is 0.164 e. The maximum absolute atomic E-state index is 9.81. The van der Waals surface area contributed by atoms with E-state index in [1.54, 1.807) is 11.3 Å². The molecule has 0 aliphatic carbocycles. The first-order valence-electron chi connectivity index (χ1n) is 26.9. The van der Waals surface area contributed by atoms with Crippen LogP contribution < -0.4 is 0 Å². The van der Waals surface area contributed by atoms with Crippen LogP contribution in [0.4, 0.5) is 0 Å². The van der Waals surface area contributed by atoms with Crippen LogP contribution in [-0.4, -0.2) is 19.5 Å². The Morgan fingerprint density at radius 3 is 2.13 bits per heavy atom. The number of hydrogen-bond donors (Lipinski definition) is 0. The van der Waals surface area contributed by atoms with Crippen molar-refractivity contribution in [3.05, 3.63) is 206 Å². The predicted molar refractivity (Wildman–Crippen MR) is 262 cm³/mol. The van der Waals surface area contributed by atoms with Crippen molar-refractivity contribution in [2.45, 2.75) is 0 Å². The van der Waals surface area contributed by atoms with E-state index in [-0.39, 0.29) is 84.5 Å². The molecule has 0 bridgehead atoms. The van der Waals surface area contributed by atoms with Crippen molar-refractivity contribution in [3.63, 3.8) is 0 Å². The highest BCUT2D eigenvalue weighted by Gasteiger charge is 2.22. The van der Waals surface area contributed by atoms with Gasteiger partial charge in [-0.1, -0.05) is 170 Å². The van der Waals surface area contributed by atoms with Crippen LogP contribution in [0.3, 0.4) is 0 Å². The van der Waals surface area contributed by atoms with Gasteiger partial charge in [0.1, 0.15) is 5.58 Å². The second kappa shape index (κ2) is 14.2. The van der Waals surface area contributed by atoms with Gasteiger partial charge in [0.15, 0.2) is 23.1 Å². The number of aromatic nitrogens is 4. The molecule has 0 aliphatic heterocycles. The molecule has 4 aromatic heterocycles. The van der Waals surface area contributed by atoms with Crippen LogP contribution in [0.25, 0.3) is 126 Å². The summed E-state index contributed by atoms with van der Waals surface area (Å²) in [6.45, 7) is 0. The Morgan fingerprint density at radius 2 is 1.24 bits per heavy atom. The summed E-state index contributed by atoms with van der Waals surface area (Å²) < 4.78 is 137. The summed E-state index contributed by atoms with van der Waals surface area (Å²) in [6, 6.07) is 29.8. The molecule has 63 heavy (non-hydrogen) atoms. The van der Waals surface area contributed by atoms with Gasteiger partial charge >= 0.3 is 0 Å². The highest BCUT2D eigenvalue weighted by atomic mass is 32.1. The lowest BCUT2D eigenvalue weighted by Crippen LogP contribution is -2.00. The van der Waals surface area contributed by atoms with Gasteiger partial charge in [-0.25, -0.2) is 15.0 Å². The summed E-state index contributed by atoms with van der Waals surface area (Å²) in [5, 5.41) is 2.18. The van der Waals surface area contributed by atoms with Crippen molar-refractivity contribution in [1.82, 2.24) is 19.5 Å². The van der Waals surface area contributed by atoms with E-state index in [1.165, 1.54) is 22.8 Å². The molecule has 4 heterocycles. The lowest BCUT2D eigenvalue weighted by atomic mass is 9.99. The van der Waals surface area contributed by atoms with Gasteiger partial charge in [0, 0.05) is 58.4 Å². The number of thiophene rings is 1. The van der Waals surface area contributed by atoms with Crippen LogP contribution in [0.1, 0.15) is 19.2 Å². The van der Waals surface area contributed by atoms with Gasteiger partial charge in [0.05, 0.1) is 35.9 Å². The summed E-state index contributed by atoms with van der Waals surface area (Å²) in [5.74, 6) is 0.678. The van der Waals surface area contributed by atoms with Crippen molar-refractivity contribution >= 4 is 75.3 Å². The van der Waals surface area contributed by atoms with E-state index in [0.29, 0.717) is 22.8 Å². The molecule has 0 N–H and O–H groups in total. The first-order chi connectivity index (χ1) is 37.0. The van der Waals surface area contributed by atoms with Crippen LogP contribution in [0, 0.1) is 0 Å². The van der Waals surface area contributed by atoms with E-state index in [0.717, 1.165) is 37.4 Å². The zero-order chi connectivity index (χ0) is 53.6. The van der Waals surface area contributed by atoms with Crippen molar-refractivity contribution in [2.24, 2.45) is 0 Å². The SMILES string of the molecule is [2H]c1cc([2H])c(-c2c([2H])c([2H])c3c4c([2H])c([2H])c([2H])cc4n(-c4c([2H])c([2H])cc5c4oc4c([2H])c([2H])cc(-c6nc(-c7ccccc7)nc(-c7ccc8c(c7)sc7cccc(-c9ccccc9)c78)n6)c45)c3c2[2H])c([2H])c1[2H]. The summed E-state index contributed by atoms with van der Waals surface area (Å²) in [4.78, 5) is 15.1. The Balaban J connectivity index is 1.10. The van der Waals surface area contributed by atoms with E-state index in [1.807, 2.05) is 66.7 Å². The number of fused-ring (bicyclic) bond motifs is 9. The highest BCUT2D eigenvalue weighted by molar-refractivity contribution is 7.26. The molecule has 6 heteroatoms. The Kier molecular flexibility index (Phi) is 5.48. The van der Waals surface area contributed by atoms with E-state index >= 15 is 0 Å². The summed E-state index contributed by atoms with van der Waals surface area (Å²) in [6.07, 6.45) is 0. The molecule has 0 saturated heterocycles. The number of hydrogen-bond acceptors (Lipinski definition) is 5. The monoisotopic (exact) mass is 836 g/mol. The van der Waals surface area contributed by atoms with E-state index < -0.39 is 72.0 Å². The van der Waals surface area contributed by atoms with Crippen molar-refractivity contribution in [3.8, 4) is 62.1 Å². The van der Waals surface area contributed by atoms with Gasteiger partial charge in [-0.15, -0.1) is 11.3 Å². The van der Waals surface area contributed by atoms with Crippen LogP contribution in [-0.2, 0) is 0 Å². The zero-order valence-corrected chi connectivity index (χ0v) is 33.5. The molecule has 0 spiro atoms. The molecule has 13 aromatic rings. The first-order valence-corrected chi connectivity index (χ1v) is 20.8. The Bertz CT molecular complexity index is 4750. The normalized spacial score (nSPS) is 14.9. The molecule has 13 rings (SSSR count). The van der Waals surface area contributed by atoms with Crippen molar-refractivity contribution < 1.29 is 23.6 Å². The predicted octanol–water partition coefficient (Wildman–Crippen LogP) is 15.6. The molecule has 0 amide bonds. The molecule has 0 radical (unpaired) electrons. The Hall–Kier alpha value is -8.19. The minimum absolute atomic E-state index is 0.0701. The minimum atomic E-state index is -0.644. The lowest BCUT2D eigenvalue weighted by molar-refractivity contribution is 0.666. The maximum atomic E-state index is 9.81. The summed E-state index contributed by atoms with van der Waals surface area (Å²) in [7, 11) is 0. The van der Waals surface area contributed by atoms with Crippen LogP contribution in [0.5, 0.6) is 0 Å². The molecule has 9 aromatic carbocycles. The topological polar surface area (TPSA) is 56.7 Å². The second-order valence-electron chi connectivity index (χ2n) is 14.8. The molecule has 0 atom stereocenters. The molecular formula is C57H34N4OS. The average molecular weight is 837 g/mol. The Morgan fingerprint density at radius 1 is 0.444 bits per heavy atom. The Labute approximate surface area is 385 Å². The number of furan rings is 1. The number of rotatable bonds is 6. The molecule has 0 saturated carbocycles. The van der Waals surface area contributed by atoms with Crippen molar-refractivity contribution in [2.75, 3.05) is 0 Å². The fourth-order valence-electron chi connectivity index (χ4n) is 8.43. The average Bonchev–Trinajstić information content (AvgIpc) is 4.32. The first kappa shape index (κ1) is 24.3. The van der Waals surface area contributed by atoms with Gasteiger partial charge in [-0.2, -0.15) is 0 Å². The largest absolute Gasteiger partial charge is 0.454 e.